The van der Waals surface area contributed by atoms with Gasteiger partial charge >= 0.3 is 0 Å². The van der Waals surface area contributed by atoms with E-state index in [0.717, 1.165) is 68.3 Å². The number of hydrogen-bond acceptors (Lipinski definition) is 7. The summed E-state index contributed by atoms with van der Waals surface area (Å²) in [5.41, 5.74) is 1.49. The number of aliphatic hydroxyl groups is 1. The topological polar surface area (TPSA) is 79.3 Å². The number of carbonyl (C=O) groups excluding carboxylic acids is 2. The summed E-state index contributed by atoms with van der Waals surface area (Å²) >= 11 is 1.49. The fourth-order valence-electron chi connectivity index (χ4n) is 4.61. The first-order chi connectivity index (χ1) is 17.0. The summed E-state index contributed by atoms with van der Waals surface area (Å²) in [6.07, 6.45) is 2.77. The Labute approximate surface area is 210 Å². The van der Waals surface area contributed by atoms with Crippen molar-refractivity contribution < 1.29 is 24.2 Å². The quantitative estimate of drug-likeness (QED) is 0.227. The lowest BCUT2D eigenvalue weighted by molar-refractivity contribution is -0.140. The minimum atomic E-state index is -0.630. The SMILES string of the molecule is CCCCOc1ccc(/C(O)=C2\C(=O)C(=O)N(CCCN3CCOCC3)C2c2cccs2)c(C)c1. The van der Waals surface area contributed by atoms with Crippen molar-refractivity contribution in [2.24, 2.45) is 0 Å². The number of likely N-dealkylation sites (tertiary alicyclic amines) is 1. The first-order valence-electron chi connectivity index (χ1n) is 12.4. The summed E-state index contributed by atoms with van der Waals surface area (Å²) in [5.74, 6) is -0.583. The van der Waals surface area contributed by atoms with Gasteiger partial charge in [0.2, 0.25) is 0 Å². The Morgan fingerprint density at radius 2 is 1.97 bits per heavy atom. The van der Waals surface area contributed by atoms with Gasteiger partial charge in [-0.3, -0.25) is 14.5 Å². The summed E-state index contributed by atoms with van der Waals surface area (Å²) in [6.45, 7) is 9.11. The number of Topliss-reactive ketones (excluding diaryl/α,β-unsaturated/α-hetero) is 1. The van der Waals surface area contributed by atoms with Crippen molar-refractivity contribution in [1.82, 2.24) is 9.80 Å². The molecule has 0 aliphatic carbocycles. The number of nitrogens with zero attached hydrogens (tertiary/aromatic N) is 2. The second-order valence-electron chi connectivity index (χ2n) is 8.99. The molecule has 2 saturated heterocycles. The first kappa shape index (κ1) is 25.4. The average Bonchev–Trinajstić information content (AvgIpc) is 3.47. The smallest absolute Gasteiger partial charge is 0.295 e. The molecule has 2 aliphatic heterocycles. The third-order valence-electron chi connectivity index (χ3n) is 6.55. The highest BCUT2D eigenvalue weighted by molar-refractivity contribution is 7.10. The van der Waals surface area contributed by atoms with Crippen LogP contribution in [0.5, 0.6) is 5.75 Å². The van der Waals surface area contributed by atoms with Crippen LogP contribution in [0.15, 0.2) is 41.3 Å². The van der Waals surface area contributed by atoms with Gasteiger partial charge in [-0.2, -0.15) is 0 Å². The number of morpholine rings is 1. The van der Waals surface area contributed by atoms with Crippen LogP contribution in [0.4, 0.5) is 0 Å². The van der Waals surface area contributed by atoms with Crippen molar-refractivity contribution in [1.29, 1.82) is 0 Å². The molecule has 7 nitrogen and oxygen atoms in total. The number of amides is 1. The Bertz CT molecular complexity index is 1060. The van der Waals surface area contributed by atoms with E-state index in [2.05, 4.69) is 11.8 Å². The summed E-state index contributed by atoms with van der Waals surface area (Å²) in [6, 6.07) is 8.67. The molecule has 188 valence electrons. The molecule has 35 heavy (non-hydrogen) atoms. The molecule has 2 aromatic rings. The molecule has 0 saturated carbocycles. The number of hydrogen-bond donors (Lipinski definition) is 1. The van der Waals surface area contributed by atoms with Gasteiger partial charge in [-0.05, 0) is 55.0 Å². The van der Waals surface area contributed by atoms with Gasteiger partial charge in [0.25, 0.3) is 11.7 Å². The average molecular weight is 499 g/mol. The largest absolute Gasteiger partial charge is 0.507 e. The van der Waals surface area contributed by atoms with Crippen LogP contribution in [0.2, 0.25) is 0 Å². The van der Waals surface area contributed by atoms with Crippen molar-refractivity contribution in [3.05, 3.63) is 57.3 Å². The van der Waals surface area contributed by atoms with E-state index < -0.39 is 17.7 Å². The summed E-state index contributed by atoms with van der Waals surface area (Å²) in [7, 11) is 0. The van der Waals surface area contributed by atoms with Crippen molar-refractivity contribution in [2.45, 2.75) is 39.2 Å². The van der Waals surface area contributed by atoms with Gasteiger partial charge in [0.05, 0.1) is 31.4 Å². The Morgan fingerprint density at radius 3 is 2.66 bits per heavy atom. The number of aryl methyl sites for hydroxylation is 1. The highest BCUT2D eigenvalue weighted by Crippen LogP contribution is 2.41. The molecule has 8 heteroatoms. The van der Waals surface area contributed by atoms with Crippen LogP contribution in [0.25, 0.3) is 5.76 Å². The zero-order valence-corrected chi connectivity index (χ0v) is 21.3. The number of thiophene rings is 1. The molecule has 1 unspecified atom stereocenters. The molecule has 1 atom stereocenters. The molecule has 2 aliphatic rings. The minimum Gasteiger partial charge on any atom is -0.507 e. The zero-order valence-electron chi connectivity index (χ0n) is 20.5. The van der Waals surface area contributed by atoms with Crippen LogP contribution >= 0.6 is 11.3 Å². The lowest BCUT2D eigenvalue weighted by Crippen LogP contribution is -2.38. The Morgan fingerprint density at radius 1 is 1.17 bits per heavy atom. The van der Waals surface area contributed by atoms with Crippen molar-refractivity contribution in [3.63, 3.8) is 0 Å². The normalized spacial score (nSPS) is 20.5. The van der Waals surface area contributed by atoms with E-state index in [0.29, 0.717) is 18.7 Å². The van der Waals surface area contributed by atoms with Gasteiger partial charge in [-0.15, -0.1) is 11.3 Å². The lowest BCUT2D eigenvalue weighted by atomic mass is 9.97. The van der Waals surface area contributed by atoms with E-state index in [9.17, 15) is 14.7 Å². The van der Waals surface area contributed by atoms with E-state index in [4.69, 9.17) is 9.47 Å². The highest BCUT2D eigenvalue weighted by Gasteiger charge is 2.46. The second kappa shape index (κ2) is 11.8. The number of benzene rings is 1. The molecule has 0 bridgehead atoms. The number of ketones is 1. The molecule has 1 N–H and O–H groups in total. The van der Waals surface area contributed by atoms with Gasteiger partial charge in [0.15, 0.2) is 0 Å². The zero-order chi connectivity index (χ0) is 24.8. The summed E-state index contributed by atoms with van der Waals surface area (Å²) in [5, 5.41) is 13.3. The van der Waals surface area contributed by atoms with Crippen LogP contribution in [-0.4, -0.2) is 72.6 Å². The van der Waals surface area contributed by atoms with Crippen LogP contribution < -0.4 is 4.74 Å². The van der Waals surface area contributed by atoms with Crippen molar-refractivity contribution in [2.75, 3.05) is 46.0 Å². The van der Waals surface area contributed by atoms with Gasteiger partial charge in [-0.25, -0.2) is 0 Å². The van der Waals surface area contributed by atoms with Gasteiger partial charge in [0.1, 0.15) is 11.5 Å². The number of rotatable bonds is 10. The van der Waals surface area contributed by atoms with Crippen molar-refractivity contribution in [3.8, 4) is 5.75 Å². The van der Waals surface area contributed by atoms with Crippen LogP contribution in [0, 0.1) is 6.92 Å². The van der Waals surface area contributed by atoms with E-state index in [1.165, 1.54) is 11.3 Å². The van der Waals surface area contributed by atoms with Crippen LogP contribution in [0.3, 0.4) is 0 Å². The molecule has 1 aromatic heterocycles. The van der Waals surface area contributed by atoms with Gasteiger partial charge < -0.3 is 19.5 Å². The van der Waals surface area contributed by atoms with Gasteiger partial charge in [-0.1, -0.05) is 19.4 Å². The Balaban J connectivity index is 1.59. The Hall–Kier alpha value is -2.68. The third kappa shape index (κ3) is 5.77. The van der Waals surface area contributed by atoms with Gasteiger partial charge in [0, 0.05) is 36.6 Å². The maximum atomic E-state index is 13.2. The Kier molecular flexibility index (Phi) is 8.59. The fourth-order valence-corrected chi connectivity index (χ4v) is 5.46. The lowest BCUT2D eigenvalue weighted by Gasteiger charge is -2.28. The number of unbranched alkanes of at least 4 members (excludes halogenated alkanes) is 1. The molecule has 0 spiro atoms. The second-order valence-corrected chi connectivity index (χ2v) is 9.97. The number of carbonyl (C=O) groups is 2. The van der Waals surface area contributed by atoms with E-state index >= 15 is 0 Å². The fraction of sp³-hybridized carbons (Fsp3) is 0.481. The molecule has 0 radical (unpaired) electrons. The molecule has 2 fully saturated rings. The maximum absolute atomic E-state index is 13.2. The van der Waals surface area contributed by atoms with E-state index in [-0.39, 0.29) is 11.3 Å². The molecule has 1 amide bonds. The van der Waals surface area contributed by atoms with Crippen LogP contribution in [-0.2, 0) is 14.3 Å². The maximum Gasteiger partial charge on any atom is 0.295 e. The summed E-state index contributed by atoms with van der Waals surface area (Å²) < 4.78 is 11.2. The first-order valence-corrected chi connectivity index (χ1v) is 13.2. The predicted molar refractivity (Wildman–Crippen MR) is 137 cm³/mol. The molecule has 1 aromatic carbocycles. The summed E-state index contributed by atoms with van der Waals surface area (Å²) in [4.78, 5) is 31.1. The standard InChI is InChI=1S/C27H34N2O5S/c1-3-4-14-34-20-8-9-21(19(2)18-20)25(30)23-24(22-7-5-17-35-22)29(27(32)26(23)31)11-6-10-28-12-15-33-16-13-28/h5,7-9,17-18,24,30H,3-4,6,10-16H2,1-2H3/b25-23+. The van der Waals surface area contributed by atoms with E-state index in [1.54, 1.807) is 17.0 Å². The van der Waals surface area contributed by atoms with Crippen molar-refractivity contribution >= 4 is 28.8 Å². The predicted octanol–water partition coefficient (Wildman–Crippen LogP) is 4.38. The molecular formula is C27H34N2O5S. The number of ether oxygens (including phenoxy) is 2. The monoisotopic (exact) mass is 498 g/mol. The molecule has 4 rings (SSSR count). The van der Waals surface area contributed by atoms with E-state index in [1.807, 2.05) is 30.5 Å². The highest BCUT2D eigenvalue weighted by atomic mass is 32.1. The molecule has 3 heterocycles. The number of aliphatic hydroxyl groups excluding tert-OH is 1. The molecular weight excluding hydrogens is 464 g/mol. The minimum absolute atomic E-state index is 0.130. The third-order valence-corrected chi connectivity index (χ3v) is 7.47. The van der Waals surface area contributed by atoms with Crippen LogP contribution in [0.1, 0.15) is 48.2 Å².